The van der Waals surface area contributed by atoms with Gasteiger partial charge in [0.2, 0.25) is 0 Å². The molecule has 0 aliphatic carbocycles. The minimum Gasteiger partial charge on any atom is -0.0878 e. The highest BCUT2D eigenvalue weighted by Crippen LogP contribution is 2.41. The Balaban J connectivity index is 2.54. The Morgan fingerprint density at radius 3 is 2.12 bits per heavy atom. The maximum Gasteiger partial charge on any atom is 0.0493 e. The van der Waals surface area contributed by atoms with Gasteiger partial charge < -0.3 is 0 Å². The number of hydrogen-bond donors (Lipinski definition) is 0. The molecular weight excluding hydrogens is 290 g/mol. The van der Waals surface area contributed by atoms with Crippen LogP contribution >= 0.6 is 29.2 Å². The standard InChI is InChI=1S/C13H11Cl2PS/c1-16(17,11-8-6-10(14)7-9-11)13-5-3-2-4-12(13)15/h2-9H,1H3. The van der Waals surface area contributed by atoms with Crippen LogP contribution in [0, 0.1) is 0 Å². The van der Waals surface area contributed by atoms with Gasteiger partial charge in [-0.2, -0.15) is 0 Å². The zero-order valence-electron chi connectivity index (χ0n) is 9.23. The van der Waals surface area contributed by atoms with Gasteiger partial charge in [0.1, 0.15) is 0 Å². The molecule has 2 aromatic carbocycles. The molecule has 0 N–H and O–H groups in total. The first-order chi connectivity index (χ1) is 8.01. The van der Waals surface area contributed by atoms with Gasteiger partial charge in [-0.25, -0.2) is 0 Å². The average Bonchev–Trinajstić information content (AvgIpc) is 2.30. The summed E-state index contributed by atoms with van der Waals surface area (Å²) in [5, 5.41) is 3.65. The summed E-state index contributed by atoms with van der Waals surface area (Å²) in [7, 11) is 0. The van der Waals surface area contributed by atoms with Crippen molar-refractivity contribution in [2.24, 2.45) is 0 Å². The van der Waals surface area contributed by atoms with Gasteiger partial charge in [0.15, 0.2) is 0 Å². The molecule has 0 spiro atoms. The van der Waals surface area contributed by atoms with Crippen molar-refractivity contribution < 1.29 is 0 Å². The molecule has 2 rings (SSSR count). The molecule has 2 aromatic rings. The van der Waals surface area contributed by atoms with Crippen LogP contribution in [0.5, 0.6) is 0 Å². The second kappa shape index (κ2) is 5.12. The summed E-state index contributed by atoms with van der Waals surface area (Å²) in [6.45, 7) is 2.09. The second-order valence-corrected chi connectivity index (χ2v) is 9.73. The molecule has 17 heavy (non-hydrogen) atoms. The number of rotatable bonds is 2. The van der Waals surface area contributed by atoms with E-state index in [0.29, 0.717) is 0 Å². The third kappa shape index (κ3) is 2.74. The molecule has 0 fully saturated rings. The van der Waals surface area contributed by atoms with Crippen LogP contribution in [0.3, 0.4) is 0 Å². The SMILES string of the molecule is CP(=S)(c1ccc(Cl)cc1)c1ccccc1Cl. The number of benzene rings is 2. The lowest BCUT2D eigenvalue weighted by Gasteiger charge is -2.19. The van der Waals surface area contributed by atoms with Crippen LogP contribution in [-0.4, -0.2) is 6.66 Å². The first-order valence-electron chi connectivity index (χ1n) is 5.10. The summed E-state index contributed by atoms with van der Waals surface area (Å²) >= 11 is 17.9. The molecule has 0 saturated carbocycles. The van der Waals surface area contributed by atoms with Gasteiger partial charge in [0.05, 0.1) is 0 Å². The molecule has 0 saturated heterocycles. The Morgan fingerprint density at radius 1 is 0.941 bits per heavy atom. The molecule has 88 valence electrons. The quantitative estimate of drug-likeness (QED) is 0.754. The van der Waals surface area contributed by atoms with E-state index in [1.807, 2.05) is 48.5 Å². The van der Waals surface area contributed by atoms with Crippen molar-refractivity contribution in [1.29, 1.82) is 0 Å². The zero-order valence-corrected chi connectivity index (χ0v) is 12.5. The first-order valence-corrected chi connectivity index (χ1v) is 9.11. The van der Waals surface area contributed by atoms with Gasteiger partial charge in [-0.05, 0) is 30.2 Å². The lowest BCUT2D eigenvalue weighted by molar-refractivity contribution is 1.74. The molecule has 4 heteroatoms. The Labute approximate surface area is 117 Å². The van der Waals surface area contributed by atoms with E-state index in [2.05, 4.69) is 6.66 Å². The van der Waals surface area contributed by atoms with Crippen LogP contribution in [0.4, 0.5) is 0 Å². The summed E-state index contributed by atoms with van der Waals surface area (Å²) in [5.74, 6) is 0. The molecule has 0 heterocycles. The molecule has 0 aliphatic rings. The van der Waals surface area contributed by atoms with Crippen molar-refractivity contribution in [3.05, 3.63) is 58.6 Å². The van der Waals surface area contributed by atoms with Crippen molar-refractivity contribution in [2.75, 3.05) is 6.66 Å². The minimum absolute atomic E-state index is 0.725. The van der Waals surface area contributed by atoms with E-state index in [1.54, 1.807) is 0 Å². The molecule has 1 atom stereocenters. The first kappa shape index (κ1) is 13.1. The topological polar surface area (TPSA) is 0 Å². The fraction of sp³-hybridized carbons (Fsp3) is 0.0769. The lowest BCUT2D eigenvalue weighted by Crippen LogP contribution is -2.15. The highest BCUT2D eigenvalue weighted by atomic mass is 35.5. The molecule has 0 amide bonds. The van der Waals surface area contributed by atoms with Crippen LogP contribution in [0.1, 0.15) is 0 Å². The van der Waals surface area contributed by atoms with Crippen molar-refractivity contribution in [3.63, 3.8) is 0 Å². The monoisotopic (exact) mass is 300 g/mol. The van der Waals surface area contributed by atoms with Gasteiger partial charge in [-0.15, -0.1) is 0 Å². The molecule has 0 bridgehead atoms. The van der Waals surface area contributed by atoms with E-state index >= 15 is 0 Å². The largest absolute Gasteiger partial charge is 0.0878 e. The van der Waals surface area contributed by atoms with E-state index in [9.17, 15) is 0 Å². The van der Waals surface area contributed by atoms with Crippen molar-refractivity contribution >= 4 is 51.7 Å². The summed E-state index contributed by atoms with van der Waals surface area (Å²) < 4.78 is 0. The van der Waals surface area contributed by atoms with Crippen LogP contribution in [0.15, 0.2) is 48.5 Å². The summed E-state index contributed by atoms with van der Waals surface area (Å²) in [5.41, 5.74) is 0. The fourth-order valence-electron chi connectivity index (χ4n) is 1.66. The van der Waals surface area contributed by atoms with Crippen LogP contribution in [0.25, 0.3) is 0 Å². The maximum absolute atomic E-state index is 6.22. The van der Waals surface area contributed by atoms with Crippen LogP contribution < -0.4 is 10.6 Å². The molecule has 0 radical (unpaired) electrons. The van der Waals surface area contributed by atoms with Gasteiger partial charge in [0.25, 0.3) is 0 Å². The third-order valence-corrected chi connectivity index (χ3v) is 7.16. The Bertz CT molecular complexity index is 578. The molecule has 1 unspecified atom stereocenters. The Kier molecular flexibility index (Phi) is 3.95. The van der Waals surface area contributed by atoms with Gasteiger partial charge in [0, 0.05) is 21.4 Å². The summed E-state index contributed by atoms with van der Waals surface area (Å²) in [6, 6.07) is 13.7. The third-order valence-electron chi connectivity index (χ3n) is 2.63. The van der Waals surface area contributed by atoms with E-state index in [-0.39, 0.29) is 0 Å². The highest BCUT2D eigenvalue weighted by Gasteiger charge is 2.18. The van der Waals surface area contributed by atoms with E-state index < -0.39 is 6.04 Å². The van der Waals surface area contributed by atoms with Crippen molar-refractivity contribution in [3.8, 4) is 0 Å². The predicted octanol–water partition coefficient (Wildman–Crippen LogP) is 4.05. The highest BCUT2D eigenvalue weighted by molar-refractivity contribution is 8.21. The van der Waals surface area contributed by atoms with E-state index in [4.69, 9.17) is 35.0 Å². The summed E-state index contributed by atoms with van der Waals surface area (Å²) in [6.07, 6.45) is 0. The smallest absolute Gasteiger partial charge is 0.0493 e. The van der Waals surface area contributed by atoms with Crippen LogP contribution in [0.2, 0.25) is 10.0 Å². The molecule has 0 aromatic heterocycles. The van der Waals surface area contributed by atoms with Crippen molar-refractivity contribution in [2.45, 2.75) is 0 Å². The molecular formula is C13H11Cl2PS. The minimum atomic E-state index is -1.81. The van der Waals surface area contributed by atoms with Crippen molar-refractivity contribution in [1.82, 2.24) is 0 Å². The fourth-order valence-corrected chi connectivity index (χ4v) is 5.27. The van der Waals surface area contributed by atoms with E-state index in [0.717, 1.165) is 20.7 Å². The molecule has 0 aliphatic heterocycles. The summed E-state index contributed by atoms with van der Waals surface area (Å²) in [4.78, 5) is 0. The molecule has 0 nitrogen and oxygen atoms in total. The lowest BCUT2D eigenvalue weighted by atomic mass is 10.4. The average molecular weight is 301 g/mol. The van der Waals surface area contributed by atoms with Gasteiger partial charge in [-0.1, -0.05) is 65.3 Å². The second-order valence-electron chi connectivity index (χ2n) is 3.85. The zero-order chi connectivity index (χ0) is 12.5. The number of halogens is 2. The van der Waals surface area contributed by atoms with E-state index in [1.165, 1.54) is 0 Å². The predicted molar refractivity (Wildman–Crippen MR) is 82.4 cm³/mol. The Hall–Kier alpha value is -0.330. The van der Waals surface area contributed by atoms with Crippen LogP contribution in [-0.2, 0) is 11.8 Å². The normalized spacial score (nSPS) is 14.3. The maximum atomic E-state index is 6.22. The Morgan fingerprint density at radius 2 is 1.53 bits per heavy atom. The number of hydrogen-bond acceptors (Lipinski definition) is 1. The van der Waals surface area contributed by atoms with Gasteiger partial charge in [-0.3, -0.25) is 0 Å². The van der Waals surface area contributed by atoms with Gasteiger partial charge >= 0.3 is 0 Å².